The number of ether oxygens (including phenoxy) is 1. The van der Waals surface area contributed by atoms with Crippen molar-refractivity contribution in [2.24, 2.45) is 0 Å². The standard InChI is InChI=1S/C14H27NO/c1-3-5-6-13-16-14(8-7-9-14)10-12-15-11-4-2/h3,15H,1,4-13H2,2H3. The van der Waals surface area contributed by atoms with Crippen LogP contribution in [0, 0.1) is 0 Å². The molecule has 1 rings (SSSR count). The van der Waals surface area contributed by atoms with E-state index in [9.17, 15) is 0 Å². The molecule has 0 spiro atoms. The average molecular weight is 225 g/mol. The first-order valence-corrected chi connectivity index (χ1v) is 6.78. The van der Waals surface area contributed by atoms with E-state index < -0.39 is 0 Å². The third-order valence-electron chi connectivity index (χ3n) is 3.41. The van der Waals surface area contributed by atoms with Gasteiger partial charge >= 0.3 is 0 Å². The third-order valence-corrected chi connectivity index (χ3v) is 3.41. The van der Waals surface area contributed by atoms with Crippen molar-refractivity contribution in [2.45, 2.75) is 57.5 Å². The molecule has 0 aromatic rings. The maximum Gasteiger partial charge on any atom is 0.0694 e. The van der Waals surface area contributed by atoms with Gasteiger partial charge in [-0.1, -0.05) is 13.0 Å². The van der Waals surface area contributed by atoms with Crippen molar-refractivity contribution < 1.29 is 4.74 Å². The summed E-state index contributed by atoms with van der Waals surface area (Å²) in [6.07, 6.45) is 10.4. The fraction of sp³-hybridized carbons (Fsp3) is 0.857. The molecule has 0 unspecified atom stereocenters. The molecule has 1 N–H and O–H groups in total. The van der Waals surface area contributed by atoms with Gasteiger partial charge in [0.25, 0.3) is 0 Å². The lowest BCUT2D eigenvalue weighted by Crippen LogP contribution is -2.43. The summed E-state index contributed by atoms with van der Waals surface area (Å²) in [4.78, 5) is 0. The number of nitrogens with one attached hydrogen (secondary N) is 1. The van der Waals surface area contributed by atoms with Crippen LogP contribution in [0.25, 0.3) is 0 Å². The number of rotatable bonds is 10. The highest BCUT2D eigenvalue weighted by molar-refractivity contribution is 4.90. The van der Waals surface area contributed by atoms with Crippen LogP contribution in [0.5, 0.6) is 0 Å². The van der Waals surface area contributed by atoms with Gasteiger partial charge in [-0.3, -0.25) is 0 Å². The molecule has 1 aliphatic carbocycles. The van der Waals surface area contributed by atoms with E-state index in [0.717, 1.165) is 32.5 Å². The molecular weight excluding hydrogens is 198 g/mol. The van der Waals surface area contributed by atoms with Crippen LogP contribution in [0.1, 0.15) is 51.9 Å². The Morgan fingerprint density at radius 2 is 2.19 bits per heavy atom. The Morgan fingerprint density at radius 3 is 2.75 bits per heavy atom. The molecule has 1 aliphatic rings. The van der Waals surface area contributed by atoms with Crippen LogP contribution < -0.4 is 5.32 Å². The predicted octanol–water partition coefficient (Wildman–Crippen LogP) is 3.28. The number of hydrogen-bond donors (Lipinski definition) is 1. The fourth-order valence-electron chi connectivity index (χ4n) is 2.17. The number of allylic oxidation sites excluding steroid dienone is 1. The maximum atomic E-state index is 6.06. The van der Waals surface area contributed by atoms with E-state index in [1.54, 1.807) is 0 Å². The quantitative estimate of drug-likeness (QED) is 0.455. The lowest BCUT2D eigenvalue weighted by atomic mass is 9.77. The van der Waals surface area contributed by atoms with Crippen molar-refractivity contribution in [3.8, 4) is 0 Å². The van der Waals surface area contributed by atoms with Crippen molar-refractivity contribution in [3.05, 3.63) is 12.7 Å². The maximum absolute atomic E-state index is 6.06. The second-order valence-corrected chi connectivity index (χ2v) is 4.82. The zero-order valence-corrected chi connectivity index (χ0v) is 10.8. The topological polar surface area (TPSA) is 21.3 Å². The molecule has 0 heterocycles. The molecule has 2 nitrogen and oxygen atoms in total. The first-order chi connectivity index (χ1) is 7.83. The van der Waals surface area contributed by atoms with Crippen LogP contribution in [0.4, 0.5) is 0 Å². The normalized spacial score (nSPS) is 18.1. The summed E-state index contributed by atoms with van der Waals surface area (Å²) >= 11 is 0. The Kier molecular flexibility index (Phi) is 6.74. The molecule has 0 saturated heterocycles. The van der Waals surface area contributed by atoms with E-state index >= 15 is 0 Å². The van der Waals surface area contributed by atoms with Crippen molar-refractivity contribution in [1.82, 2.24) is 5.32 Å². The van der Waals surface area contributed by atoms with Gasteiger partial charge in [0.2, 0.25) is 0 Å². The molecule has 0 bridgehead atoms. The first-order valence-electron chi connectivity index (χ1n) is 6.78. The Labute approximate surface area is 100 Å². The molecule has 0 atom stereocenters. The Balaban J connectivity index is 2.09. The summed E-state index contributed by atoms with van der Waals surface area (Å²) in [5.41, 5.74) is 0.224. The zero-order chi connectivity index (χ0) is 11.7. The van der Waals surface area contributed by atoms with Crippen LogP contribution in [0.2, 0.25) is 0 Å². The highest BCUT2D eigenvalue weighted by atomic mass is 16.5. The fourth-order valence-corrected chi connectivity index (χ4v) is 2.17. The van der Waals surface area contributed by atoms with Crippen LogP contribution in [-0.2, 0) is 4.74 Å². The molecular formula is C14H27NO. The van der Waals surface area contributed by atoms with Crippen molar-refractivity contribution in [3.63, 3.8) is 0 Å². The second kappa shape index (κ2) is 7.86. The predicted molar refractivity (Wildman–Crippen MR) is 69.7 cm³/mol. The molecule has 0 radical (unpaired) electrons. The summed E-state index contributed by atoms with van der Waals surface area (Å²) in [5, 5.41) is 3.46. The molecule has 16 heavy (non-hydrogen) atoms. The monoisotopic (exact) mass is 225 g/mol. The van der Waals surface area contributed by atoms with Crippen LogP contribution >= 0.6 is 0 Å². The Bertz CT molecular complexity index is 187. The molecule has 94 valence electrons. The van der Waals surface area contributed by atoms with Gasteiger partial charge in [-0.15, -0.1) is 6.58 Å². The largest absolute Gasteiger partial charge is 0.375 e. The first kappa shape index (κ1) is 13.7. The van der Waals surface area contributed by atoms with Gasteiger partial charge in [-0.25, -0.2) is 0 Å². The average Bonchev–Trinajstić information content (AvgIpc) is 2.25. The van der Waals surface area contributed by atoms with Crippen molar-refractivity contribution >= 4 is 0 Å². The van der Waals surface area contributed by atoms with E-state index in [1.807, 2.05) is 6.08 Å². The highest BCUT2D eigenvalue weighted by Crippen LogP contribution is 2.38. The Morgan fingerprint density at radius 1 is 1.38 bits per heavy atom. The lowest BCUT2D eigenvalue weighted by molar-refractivity contribution is -0.104. The third kappa shape index (κ3) is 4.67. The van der Waals surface area contributed by atoms with Crippen LogP contribution in [0.15, 0.2) is 12.7 Å². The molecule has 0 amide bonds. The molecule has 0 aromatic heterocycles. The minimum Gasteiger partial charge on any atom is -0.375 e. The van der Waals surface area contributed by atoms with Gasteiger partial charge < -0.3 is 10.1 Å². The molecule has 1 saturated carbocycles. The Hall–Kier alpha value is -0.340. The van der Waals surface area contributed by atoms with Crippen molar-refractivity contribution in [1.29, 1.82) is 0 Å². The van der Waals surface area contributed by atoms with Crippen molar-refractivity contribution in [2.75, 3.05) is 19.7 Å². The van der Waals surface area contributed by atoms with Gasteiger partial charge in [-0.2, -0.15) is 0 Å². The van der Waals surface area contributed by atoms with Crippen LogP contribution in [0.3, 0.4) is 0 Å². The summed E-state index contributed by atoms with van der Waals surface area (Å²) in [6, 6.07) is 0. The van der Waals surface area contributed by atoms with E-state index in [-0.39, 0.29) is 5.60 Å². The second-order valence-electron chi connectivity index (χ2n) is 4.82. The van der Waals surface area contributed by atoms with Gasteiger partial charge in [0.15, 0.2) is 0 Å². The van der Waals surface area contributed by atoms with E-state index in [1.165, 1.54) is 32.1 Å². The zero-order valence-electron chi connectivity index (χ0n) is 10.8. The van der Waals surface area contributed by atoms with Gasteiger partial charge in [0.05, 0.1) is 5.60 Å². The smallest absolute Gasteiger partial charge is 0.0694 e. The molecule has 0 aromatic carbocycles. The van der Waals surface area contributed by atoms with Gasteiger partial charge in [0, 0.05) is 6.61 Å². The molecule has 1 fully saturated rings. The summed E-state index contributed by atoms with van der Waals surface area (Å²) in [7, 11) is 0. The van der Waals surface area contributed by atoms with E-state index in [0.29, 0.717) is 0 Å². The molecule has 2 heteroatoms. The molecule has 0 aliphatic heterocycles. The SMILES string of the molecule is C=CCCCOC1(CCNCCC)CCC1. The summed E-state index contributed by atoms with van der Waals surface area (Å²) in [6.45, 7) is 9.08. The number of hydrogen-bond acceptors (Lipinski definition) is 2. The minimum absolute atomic E-state index is 0.224. The van der Waals surface area contributed by atoms with E-state index in [4.69, 9.17) is 4.74 Å². The van der Waals surface area contributed by atoms with Crippen LogP contribution in [-0.4, -0.2) is 25.3 Å². The summed E-state index contributed by atoms with van der Waals surface area (Å²) in [5.74, 6) is 0. The van der Waals surface area contributed by atoms with E-state index in [2.05, 4.69) is 18.8 Å². The minimum atomic E-state index is 0.224. The van der Waals surface area contributed by atoms with Gasteiger partial charge in [-0.05, 0) is 58.0 Å². The summed E-state index contributed by atoms with van der Waals surface area (Å²) < 4.78 is 6.06. The lowest BCUT2D eigenvalue weighted by Gasteiger charge is -2.42. The highest BCUT2D eigenvalue weighted by Gasteiger charge is 2.37. The number of unbranched alkanes of at least 4 members (excludes halogenated alkanes) is 1. The van der Waals surface area contributed by atoms with Gasteiger partial charge in [0.1, 0.15) is 0 Å².